The number of carbonyl (C=O) groups is 1. The minimum absolute atomic E-state index is 0.0881. The number of amides is 1. The maximum Gasteiger partial charge on any atom is 0.247 e. The Bertz CT molecular complexity index is 781. The number of nitrogens with zero attached hydrogens (tertiary/aromatic N) is 3. The van der Waals surface area contributed by atoms with Crippen LogP contribution in [-0.2, 0) is 11.3 Å². The van der Waals surface area contributed by atoms with Gasteiger partial charge in [-0.05, 0) is 18.2 Å². The zero-order chi connectivity index (χ0) is 14.1. The number of benzene rings is 1. The number of halogens is 1. The maximum atomic E-state index is 11.9. The molecule has 20 heavy (non-hydrogen) atoms. The van der Waals surface area contributed by atoms with Crippen molar-refractivity contribution < 1.29 is 4.79 Å². The standard InChI is InChI=1S/C12H10ClN5OS/c13-7-4-15-18(5-7)6-11(19)17-12-16-9-2-1-8(14)3-10(9)20-12/h1-5H,6,14H2,(H,16,17,19). The number of rotatable bonds is 3. The summed E-state index contributed by atoms with van der Waals surface area (Å²) in [5, 5.41) is 7.70. The molecule has 0 aliphatic rings. The van der Waals surface area contributed by atoms with Crippen LogP contribution in [0.3, 0.4) is 0 Å². The molecule has 0 saturated heterocycles. The molecule has 3 rings (SSSR count). The van der Waals surface area contributed by atoms with Crippen LogP contribution in [0.2, 0.25) is 5.02 Å². The smallest absolute Gasteiger partial charge is 0.247 e. The van der Waals surface area contributed by atoms with Gasteiger partial charge in [0.15, 0.2) is 5.13 Å². The van der Waals surface area contributed by atoms with E-state index in [0.29, 0.717) is 15.8 Å². The first kappa shape index (κ1) is 12.9. The highest BCUT2D eigenvalue weighted by Gasteiger charge is 2.09. The molecule has 102 valence electrons. The van der Waals surface area contributed by atoms with Crippen molar-refractivity contribution >= 4 is 49.9 Å². The van der Waals surface area contributed by atoms with Crippen LogP contribution in [-0.4, -0.2) is 20.7 Å². The largest absolute Gasteiger partial charge is 0.399 e. The van der Waals surface area contributed by atoms with Gasteiger partial charge in [0.2, 0.25) is 5.91 Å². The van der Waals surface area contributed by atoms with Crippen molar-refractivity contribution in [2.75, 3.05) is 11.1 Å². The number of fused-ring (bicyclic) bond motifs is 1. The summed E-state index contributed by atoms with van der Waals surface area (Å²) < 4.78 is 2.39. The lowest BCUT2D eigenvalue weighted by Gasteiger charge is -2.01. The molecule has 0 bridgehead atoms. The predicted molar refractivity (Wildman–Crippen MR) is 79.9 cm³/mol. The summed E-state index contributed by atoms with van der Waals surface area (Å²) in [6, 6.07) is 5.43. The third-order valence-corrected chi connectivity index (χ3v) is 3.69. The number of hydrogen-bond acceptors (Lipinski definition) is 5. The van der Waals surface area contributed by atoms with Crippen molar-refractivity contribution in [2.24, 2.45) is 0 Å². The first-order valence-electron chi connectivity index (χ1n) is 5.74. The van der Waals surface area contributed by atoms with Gasteiger partial charge in [0, 0.05) is 11.9 Å². The lowest BCUT2D eigenvalue weighted by Crippen LogP contribution is -2.18. The van der Waals surface area contributed by atoms with Gasteiger partial charge in [-0.3, -0.25) is 9.48 Å². The molecule has 1 amide bonds. The van der Waals surface area contributed by atoms with Gasteiger partial charge in [-0.25, -0.2) is 4.98 Å². The summed E-state index contributed by atoms with van der Waals surface area (Å²) in [6.07, 6.45) is 3.06. The predicted octanol–water partition coefficient (Wildman–Crippen LogP) is 2.37. The van der Waals surface area contributed by atoms with Crippen LogP contribution < -0.4 is 11.1 Å². The molecular formula is C12H10ClN5OS. The average molecular weight is 308 g/mol. The second-order valence-corrected chi connectivity index (χ2v) is 5.62. The second-order valence-electron chi connectivity index (χ2n) is 4.15. The van der Waals surface area contributed by atoms with Crippen molar-refractivity contribution in [1.82, 2.24) is 14.8 Å². The number of hydrogen-bond donors (Lipinski definition) is 2. The van der Waals surface area contributed by atoms with E-state index in [9.17, 15) is 4.79 Å². The Kier molecular flexibility index (Phi) is 3.29. The fourth-order valence-electron chi connectivity index (χ4n) is 1.73. The van der Waals surface area contributed by atoms with Crippen LogP contribution >= 0.6 is 22.9 Å². The van der Waals surface area contributed by atoms with E-state index >= 15 is 0 Å². The lowest BCUT2D eigenvalue weighted by atomic mass is 10.3. The molecule has 8 heteroatoms. The number of nitrogen functional groups attached to an aromatic ring is 1. The zero-order valence-corrected chi connectivity index (χ0v) is 11.8. The van der Waals surface area contributed by atoms with E-state index in [1.54, 1.807) is 12.3 Å². The van der Waals surface area contributed by atoms with Crippen LogP contribution in [0, 0.1) is 0 Å². The molecular weight excluding hydrogens is 298 g/mol. The summed E-state index contributed by atoms with van der Waals surface area (Å²) in [6.45, 7) is 0.0881. The monoisotopic (exact) mass is 307 g/mol. The summed E-state index contributed by atoms with van der Waals surface area (Å²) in [4.78, 5) is 16.2. The molecule has 0 aliphatic carbocycles. The van der Waals surface area contributed by atoms with Crippen LogP contribution in [0.5, 0.6) is 0 Å². The Hall–Kier alpha value is -2.12. The number of carbonyl (C=O) groups excluding carboxylic acids is 1. The van der Waals surface area contributed by atoms with Crippen LogP contribution in [0.25, 0.3) is 10.2 Å². The number of anilines is 2. The molecule has 0 spiro atoms. The summed E-state index contributed by atoms with van der Waals surface area (Å²) in [5.41, 5.74) is 7.18. The molecule has 3 N–H and O–H groups in total. The highest BCUT2D eigenvalue weighted by atomic mass is 35.5. The van der Waals surface area contributed by atoms with Crippen LogP contribution in [0.4, 0.5) is 10.8 Å². The first-order chi connectivity index (χ1) is 9.60. The molecule has 6 nitrogen and oxygen atoms in total. The Labute approximate surface area is 123 Å². The maximum absolute atomic E-state index is 11.9. The Morgan fingerprint density at radius 2 is 2.35 bits per heavy atom. The van der Waals surface area contributed by atoms with E-state index in [2.05, 4.69) is 15.4 Å². The molecule has 0 aliphatic heterocycles. The van der Waals surface area contributed by atoms with Crippen LogP contribution in [0.1, 0.15) is 0 Å². The van der Waals surface area contributed by atoms with Crippen molar-refractivity contribution in [3.8, 4) is 0 Å². The number of nitrogens with one attached hydrogen (secondary N) is 1. The SMILES string of the molecule is Nc1ccc2nc(NC(=O)Cn3cc(Cl)cn3)sc2c1. The van der Waals surface area contributed by atoms with Gasteiger partial charge in [-0.1, -0.05) is 22.9 Å². The van der Waals surface area contributed by atoms with E-state index in [0.717, 1.165) is 10.2 Å². The summed E-state index contributed by atoms with van der Waals surface area (Å²) in [5.74, 6) is -0.211. The molecule has 0 fully saturated rings. The van der Waals surface area contributed by atoms with Crippen molar-refractivity contribution in [3.63, 3.8) is 0 Å². The number of thiazole rings is 1. The molecule has 0 radical (unpaired) electrons. The van der Waals surface area contributed by atoms with E-state index in [4.69, 9.17) is 17.3 Å². The molecule has 2 aromatic heterocycles. The molecule has 0 unspecified atom stereocenters. The normalized spacial score (nSPS) is 10.8. The molecule has 1 aromatic carbocycles. The van der Waals surface area contributed by atoms with E-state index in [-0.39, 0.29) is 12.5 Å². The zero-order valence-electron chi connectivity index (χ0n) is 10.2. The van der Waals surface area contributed by atoms with Crippen molar-refractivity contribution in [1.29, 1.82) is 0 Å². The lowest BCUT2D eigenvalue weighted by molar-refractivity contribution is -0.116. The fraction of sp³-hybridized carbons (Fsp3) is 0.0833. The third kappa shape index (κ3) is 2.73. The summed E-state index contributed by atoms with van der Waals surface area (Å²) in [7, 11) is 0. The Morgan fingerprint density at radius 3 is 3.10 bits per heavy atom. The van der Waals surface area contributed by atoms with Gasteiger partial charge in [-0.15, -0.1) is 0 Å². The topological polar surface area (TPSA) is 85.8 Å². The van der Waals surface area contributed by atoms with Gasteiger partial charge < -0.3 is 11.1 Å². The fourth-order valence-corrected chi connectivity index (χ4v) is 2.81. The van der Waals surface area contributed by atoms with Gasteiger partial charge in [-0.2, -0.15) is 5.10 Å². The molecule has 3 aromatic rings. The first-order valence-corrected chi connectivity index (χ1v) is 6.93. The average Bonchev–Trinajstić information content (AvgIpc) is 2.94. The van der Waals surface area contributed by atoms with E-state index in [1.165, 1.54) is 22.2 Å². The summed E-state index contributed by atoms with van der Waals surface area (Å²) >= 11 is 7.11. The Balaban J connectivity index is 1.73. The highest BCUT2D eigenvalue weighted by molar-refractivity contribution is 7.22. The van der Waals surface area contributed by atoms with E-state index in [1.807, 2.05) is 12.1 Å². The number of aromatic nitrogens is 3. The molecule has 2 heterocycles. The third-order valence-electron chi connectivity index (χ3n) is 2.57. The van der Waals surface area contributed by atoms with E-state index < -0.39 is 0 Å². The second kappa shape index (κ2) is 5.10. The van der Waals surface area contributed by atoms with Gasteiger partial charge >= 0.3 is 0 Å². The number of nitrogens with two attached hydrogens (primary N) is 1. The van der Waals surface area contributed by atoms with Gasteiger partial charge in [0.05, 0.1) is 21.4 Å². The highest BCUT2D eigenvalue weighted by Crippen LogP contribution is 2.27. The quantitative estimate of drug-likeness (QED) is 0.727. The van der Waals surface area contributed by atoms with Crippen molar-refractivity contribution in [3.05, 3.63) is 35.6 Å². The minimum Gasteiger partial charge on any atom is -0.399 e. The molecule has 0 saturated carbocycles. The van der Waals surface area contributed by atoms with Crippen LogP contribution in [0.15, 0.2) is 30.6 Å². The van der Waals surface area contributed by atoms with Crippen molar-refractivity contribution in [2.45, 2.75) is 6.54 Å². The van der Waals surface area contributed by atoms with Gasteiger partial charge in [0.25, 0.3) is 0 Å². The minimum atomic E-state index is -0.211. The Morgan fingerprint density at radius 1 is 1.50 bits per heavy atom. The molecule has 0 atom stereocenters. The van der Waals surface area contributed by atoms with Gasteiger partial charge in [0.1, 0.15) is 6.54 Å².